The van der Waals surface area contributed by atoms with Crippen molar-refractivity contribution < 1.29 is 4.74 Å². The number of piperidine rings is 1. The lowest BCUT2D eigenvalue weighted by Crippen LogP contribution is -2.29. The second kappa shape index (κ2) is 5.78. The Morgan fingerprint density at radius 1 is 1.33 bits per heavy atom. The van der Waals surface area contributed by atoms with E-state index in [0.717, 1.165) is 25.4 Å². The van der Waals surface area contributed by atoms with E-state index < -0.39 is 0 Å². The van der Waals surface area contributed by atoms with Gasteiger partial charge in [-0.25, -0.2) is 0 Å². The van der Waals surface area contributed by atoms with Gasteiger partial charge in [0.25, 0.3) is 0 Å². The van der Waals surface area contributed by atoms with Crippen LogP contribution in [0, 0.1) is 5.92 Å². The van der Waals surface area contributed by atoms with Crippen molar-refractivity contribution in [3.05, 3.63) is 24.3 Å². The molecule has 2 rings (SSSR count). The molecule has 0 amide bonds. The molecule has 82 valence electrons. The van der Waals surface area contributed by atoms with E-state index in [4.69, 9.17) is 4.74 Å². The van der Waals surface area contributed by atoms with Gasteiger partial charge in [0.05, 0.1) is 25.1 Å². The van der Waals surface area contributed by atoms with E-state index in [1.807, 2.05) is 0 Å². The van der Waals surface area contributed by atoms with E-state index in [-0.39, 0.29) is 0 Å². The van der Waals surface area contributed by atoms with Gasteiger partial charge in [-0.1, -0.05) is 0 Å². The Bertz CT molecular complexity index is 272. The first-order valence-electron chi connectivity index (χ1n) is 5.48. The van der Waals surface area contributed by atoms with Gasteiger partial charge in [-0.05, 0) is 31.8 Å². The summed E-state index contributed by atoms with van der Waals surface area (Å²) < 4.78 is 5.63. The number of hydrogen-bond donors (Lipinski definition) is 1. The average Bonchev–Trinajstić information content (AvgIpc) is 2.32. The van der Waals surface area contributed by atoms with Crippen LogP contribution in [0.5, 0.6) is 0 Å². The standard InChI is InChI=1S/C11H17N3O/c1-3-12-4-2-10(1)8-15-9-11-7-13-5-6-14-11/h5-7,10,12H,1-4,8-9H2. The zero-order valence-corrected chi connectivity index (χ0v) is 8.85. The Morgan fingerprint density at radius 2 is 2.20 bits per heavy atom. The van der Waals surface area contributed by atoms with Crippen molar-refractivity contribution in [2.75, 3.05) is 19.7 Å². The summed E-state index contributed by atoms with van der Waals surface area (Å²) in [6, 6.07) is 0. The summed E-state index contributed by atoms with van der Waals surface area (Å²) in [6.07, 6.45) is 7.57. The van der Waals surface area contributed by atoms with Crippen molar-refractivity contribution >= 4 is 0 Å². The van der Waals surface area contributed by atoms with E-state index >= 15 is 0 Å². The minimum atomic E-state index is 0.581. The zero-order valence-electron chi connectivity index (χ0n) is 8.85. The number of aromatic nitrogens is 2. The van der Waals surface area contributed by atoms with Gasteiger partial charge in [0.2, 0.25) is 0 Å². The summed E-state index contributed by atoms with van der Waals surface area (Å²) in [7, 11) is 0. The maximum absolute atomic E-state index is 5.63. The van der Waals surface area contributed by atoms with Crippen molar-refractivity contribution in [2.24, 2.45) is 5.92 Å². The van der Waals surface area contributed by atoms with Crippen molar-refractivity contribution in [2.45, 2.75) is 19.4 Å². The van der Waals surface area contributed by atoms with Crippen LogP contribution in [0.1, 0.15) is 18.5 Å². The third kappa shape index (κ3) is 3.57. The van der Waals surface area contributed by atoms with E-state index in [2.05, 4.69) is 15.3 Å². The average molecular weight is 207 g/mol. The molecule has 0 spiro atoms. The third-order valence-electron chi connectivity index (χ3n) is 2.68. The van der Waals surface area contributed by atoms with Gasteiger partial charge in [-0.3, -0.25) is 9.97 Å². The highest BCUT2D eigenvalue weighted by Crippen LogP contribution is 2.12. The van der Waals surface area contributed by atoms with Gasteiger partial charge < -0.3 is 10.1 Å². The summed E-state index contributed by atoms with van der Waals surface area (Å²) in [4.78, 5) is 8.16. The predicted octanol–water partition coefficient (Wildman–Crippen LogP) is 0.993. The Kier molecular flexibility index (Phi) is 4.05. The molecule has 0 aliphatic carbocycles. The third-order valence-corrected chi connectivity index (χ3v) is 2.68. The molecule has 1 saturated heterocycles. The number of rotatable bonds is 4. The highest BCUT2D eigenvalue weighted by atomic mass is 16.5. The fourth-order valence-electron chi connectivity index (χ4n) is 1.78. The molecule has 1 aliphatic heterocycles. The number of hydrogen-bond acceptors (Lipinski definition) is 4. The normalized spacial score (nSPS) is 17.9. The molecule has 0 unspecified atom stereocenters. The number of nitrogens with zero attached hydrogens (tertiary/aromatic N) is 2. The Morgan fingerprint density at radius 3 is 2.93 bits per heavy atom. The predicted molar refractivity (Wildman–Crippen MR) is 57.3 cm³/mol. The molecular weight excluding hydrogens is 190 g/mol. The fourth-order valence-corrected chi connectivity index (χ4v) is 1.78. The van der Waals surface area contributed by atoms with Crippen LogP contribution in [-0.2, 0) is 11.3 Å². The van der Waals surface area contributed by atoms with Crippen LogP contribution in [0.15, 0.2) is 18.6 Å². The van der Waals surface area contributed by atoms with E-state index in [1.54, 1.807) is 18.6 Å². The Balaban J connectivity index is 1.66. The fraction of sp³-hybridized carbons (Fsp3) is 0.636. The van der Waals surface area contributed by atoms with Gasteiger partial charge in [-0.15, -0.1) is 0 Å². The van der Waals surface area contributed by atoms with Crippen molar-refractivity contribution in [3.8, 4) is 0 Å². The number of nitrogens with one attached hydrogen (secondary N) is 1. The molecule has 0 bridgehead atoms. The summed E-state index contributed by atoms with van der Waals surface area (Å²) in [5, 5.41) is 3.34. The largest absolute Gasteiger partial charge is 0.375 e. The van der Waals surface area contributed by atoms with Crippen molar-refractivity contribution in [3.63, 3.8) is 0 Å². The van der Waals surface area contributed by atoms with Crippen molar-refractivity contribution in [1.82, 2.24) is 15.3 Å². The monoisotopic (exact) mass is 207 g/mol. The smallest absolute Gasteiger partial charge is 0.0903 e. The highest BCUT2D eigenvalue weighted by Gasteiger charge is 2.12. The summed E-state index contributed by atoms with van der Waals surface area (Å²) in [6.45, 7) is 3.67. The van der Waals surface area contributed by atoms with Gasteiger partial charge >= 0.3 is 0 Å². The van der Waals surface area contributed by atoms with E-state index in [9.17, 15) is 0 Å². The van der Waals surface area contributed by atoms with Gasteiger partial charge in [0, 0.05) is 12.4 Å². The maximum Gasteiger partial charge on any atom is 0.0903 e. The Hall–Kier alpha value is -1.00. The van der Waals surface area contributed by atoms with Gasteiger partial charge in [-0.2, -0.15) is 0 Å². The first-order valence-corrected chi connectivity index (χ1v) is 5.48. The summed E-state index contributed by atoms with van der Waals surface area (Å²) in [5.74, 6) is 0.711. The molecule has 1 aliphatic rings. The quantitative estimate of drug-likeness (QED) is 0.800. The molecule has 1 aromatic heterocycles. The lowest BCUT2D eigenvalue weighted by molar-refractivity contribution is 0.0742. The molecule has 0 radical (unpaired) electrons. The summed E-state index contributed by atoms with van der Waals surface area (Å²) in [5.41, 5.74) is 0.909. The minimum Gasteiger partial charge on any atom is -0.375 e. The summed E-state index contributed by atoms with van der Waals surface area (Å²) >= 11 is 0. The molecule has 1 fully saturated rings. The molecule has 1 N–H and O–H groups in total. The molecule has 15 heavy (non-hydrogen) atoms. The van der Waals surface area contributed by atoms with Gasteiger partial charge in [0.15, 0.2) is 0 Å². The van der Waals surface area contributed by atoms with Gasteiger partial charge in [0.1, 0.15) is 0 Å². The molecule has 2 heterocycles. The van der Waals surface area contributed by atoms with Crippen LogP contribution >= 0.6 is 0 Å². The number of ether oxygens (including phenoxy) is 1. The second-order valence-corrected chi connectivity index (χ2v) is 3.91. The first-order chi connectivity index (χ1) is 7.45. The zero-order chi connectivity index (χ0) is 10.3. The lowest BCUT2D eigenvalue weighted by atomic mass is 9.99. The first kappa shape index (κ1) is 10.5. The molecule has 0 saturated carbocycles. The van der Waals surface area contributed by atoms with Crippen LogP contribution in [0.3, 0.4) is 0 Å². The molecule has 0 aromatic carbocycles. The van der Waals surface area contributed by atoms with Crippen molar-refractivity contribution in [1.29, 1.82) is 0 Å². The van der Waals surface area contributed by atoms with Crippen LogP contribution in [-0.4, -0.2) is 29.7 Å². The lowest BCUT2D eigenvalue weighted by Gasteiger charge is -2.22. The SMILES string of the molecule is c1cnc(COCC2CCNCC2)cn1. The van der Waals surface area contributed by atoms with E-state index in [0.29, 0.717) is 12.5 Å². The van der Waals surface area contributed by atoms with Crippen LogP contribution < -0.4 is 5.32 Å². The van der Waals surface area contributed by atoms with Crippen LogP contribution in [0.2, 0.25) is 0 Å². The highest BCUT2D eigenvalue weighted by molar-refractivity contribution is 4.91. The second-order valence-electron chi connectivity index (χ2n) is 3.91. The van der Waals surface area contributed by atoms with Crippen LogP contribution in [0.4, 0.5) is 0 Å². The van der Waals surface area contributed by atoms with Crippen LogP contribution in [0.25, 0.3) is 0 Å². The molecule has 4 nitrogen and oxygen atoms in total. The molecule has 0 atom stereocenters. The van der Waals surface area contributed by atoms with E-state index in [1.165, 1.54) is 12.8 Å². The molecule has 1 aromatic rings. The topological polar surface area (TPSA) is 47.0 Å². The maximum atomic E-state index is 5.63. The molecule has 4 heteroatoms. The minimum absolute atomic E-state index is 0.581. The Labute approximate surface area is 90.1 Å². The molecular formula is C11H17N3O.